The van der Waals surface area contributed by atoms with Gasteiger partial charge in [0.2, 0.25) is 0 Å². The highest BCUT2D eigenvalue weighted by atomic mass is 79.9. The Morgan fingerprint density at radius 2 is 2.10 bits per heavy atom. The molecule has 0 saturated heterocycles. The summed E-state index contributed by atoms with van der Waals surface area (Å²) in [6, 6.07) is 6.76. The molecule has 0 bridgehead atoms. The number of benzene rings is 1. The number of rotatable bonds is 3. The van der Waals surface area contributed by atoms with E-state index in [-0.39, 0.29) is 6.04 Å². The van der Waals surface area contributed by atoms with Gasteiger partial charge in [0.05, 0.1) is 11.7 Å². The van der Waals surface area contributed by atoms with E-state index in [1.54, 1.807) is 0 Å². The summed E-state index contributed by atoms with van der Waals surface area (Å²) in [7, 11) is 2.01. The van der Waals surface area contributed by atoms with Crippen LogP contribution in [0, 0.1) is 6.92 Å². The van der Waals surface area contributed by atoms with E-state index in [0.29, 0.717) is 0 Å². The van der Waals surface area contributed by atoms with Gasteiger partial charge in [-0.3, -0.25) is 0 Å². The summed E-state index contributed by atoms with van der Waals surface area (Å²) in [5.74, 6) is 0. The van der Waals surface area contributed by atoms with Crippen LogP contribution in [0.25, 0.3) is 0 Å². The average Bonchev–Trinajstić information content (AvgIpc) is 2.87. The van der Waals surface area contributed by atoms with Gasteiger partial charge in [-0.1, -0.05) is 28.1 Å². The van der Waals surface area contributed by atoms with Crippen LogP contribution >= 0.6 is 27.3 Å². The molecule has 3 rings (SSSR count). The van der Waals surface area contributed by atoms with E-state index in [1.165, 1.54) is 46.0 Å². The average molecular weight is 351 g/mol. The number of fused-ring (bicyclic) bond motifs is 1. The van der Waals surface area contributed by atoms with Crippen molar-refractivity contribution in [2.24, 2.45) is 0 Å². The van der Waals surface area contributed by atoms with Crippen LogP contribution < -0.4 is 5.32 Å². The molecular formula is C16H19BrN2S. The van der Waals surface area contributed by atoms with Gasteiger partial charge in [-0.05, 0) is 56.8 Å². The fourth-order valence-electron chi connectivity index (χ4n) is 2.72. The van der Waals surface area contributed by atoms with Gasteiger partial charge in [0.15, 0.2) is 0 Å². The van der Waals surface area contributed by atoms with Gasteiger partial charge in [0, 0.05) is 9.35 Å². The molecule has 0 fully saturated rings. The molecule has 1 aliphatic carbocycles. The number of hydrogen-bond donors (Lipinski definition) is 1. The number of halogens is 1. The Bertz CT molecular complexity index is 597. The summed E-state index contributed by atoms with van der Waals surface area (Å²) in [6.07, 6.45) is 4.96. The molecule has 2 aromatic rings. The minimum Gasteiger partial charge on any atom is -0.307 e. The molecule has 1 atom stereocenters. The van der Waals surface area contributed by atoms with Crippen LogP contribution in [0.3, 0.4) is 0 Å². The van der Waals surface area contributed by atoms with E-state index in [4.69, 9.17) is 4.98 Å². The topological polar surface area (TPSA) is 24.9 Å². The lowest BCUT2D eigenvalue weighted by Gasteiger charge is -2.15. The van der Waals surface area contributed by atoms with Gasteiger partial charge < -0.3 is 5.32 Å². The third-order valence-electron chi connectivity index (χ3n) is 3.93. The fourth-order valence-corrected chi connectivity index (χ4v) is 4.41. The van der Waals surface area contributed by atoms with E-state index >= 15 is 0 Å². The Labute approximate surface area is 132 Å². The number of hydrogen-bond acceptors (Lipinski definition) is 3. The second-order valence-electron chi connectivity index (χ2n) is 5.36. The first-order chi connectivity index (χ1) is 9.69. The van der Waals surface area contributed by atoms with Crippen LogP contribution in [-0.2, 0) is 12.8 Å². The molecule has 1 heterocycles. The summed E-state index contributed by atoms with van der Waals surface area (Å²) in [5.41, 5.74) is 3.88. The van der Waals surface area contributed by atoms with Crippen LogP contribution in [0.5, 0.6) is 0 Å². The van der Waals surface area contributed by atoms with Crippen molar-refractivity contribution in [3.63, 3.8) is 0 Å². The van der Waals surface area contributed by atoms with Crippen molar-refractivity contribution in [1.29, 1.82) is 0 Å². The lowest BCUT2D eigenvalue weighted by molar-refractivity contribution is 0.661. The lowest BCUT2D eigenvalue weighted by Crippen LogP contribution is -2.17. The molecule has 4 heteroatoms. The normalized spacial score (nSPS) is 15.9. The van der Waals surface area contributed by atoms with E-state index in [2.05, 4.69) is 46.4 Å². The SMILES string of the molecule is CNC(c1ccc(C)c(Br)c1)c1nc2c(s1)CCCC2. The van der Waals surface area contributed by atoms with E-state index < -0.39 is 0 Å². The maximum atomic E-state index is 4.89. The Morgan fingerprint density at radius 3 is 2.80 bits per heavy atom. The molecule has 1 aromatic heterocycles. The third kappa shape index (κ3) is 2.69. The predicted molar refractivity (Wildman–Crippen MR) is 88.5 cm³/mol. The number of aryl methyl sites for hydroxylation is 3. The summed E-state index contributed by atoms with van der Waals surface area (Å²) in [5, 5.41) is 4.62. The molecule has 1 aromatic carbocycles. The number of thiazole rings is 1. The molecule has 20 heavy (non-hydrogen) atoms. The fraction of sp³-hybridized carbons (Fsp3) is 0.438. The van der Waals surface area contributed by atoms with Crippen LogP contribution in [0.2, 0.25) is 0 Å². The van der Waals surface area contributed by atoms with E-state index in [1.807, 2.05) is 18.4 Å². The predicted octanol–water partition coefficient (Wildman–Crippen LogP) is 4.40. The van der Waals surface area contributed by atoms with Gasteiger partial charge >= 0.3 is 0 Å². The maximum Gasteiger partial charge on any atom is 0.115 e. The molecule has 0 radical (unpaired) electrons. The zero-order chi connectivity index (χ0) is 14.1. The first-order valence-corrected chi connectivity index (χ1v) is 8.72. The van der Waals surface area contributed by atoms with Gasteiger partial charge in [-0.25, -0.2) is 4.98 Å². The maximum absolute atomic E-state index is 4.89. The van der Waals surface area contributed by atoms with Crippen molar-refractivity contribution in [3.8, 4) is 0 Å². The molecule has 1 aliphatic rings. The monoisotopic (exact) mass is 350 g/mol. The summed E-state index contributed by atoms with van der Waals surface area (Å²) in [4.78, 5) is 6.39. The van der Waals surface area contributed by atoms with Gasteiger partial charge in [-0.2, -0.15) is 0 Å². The third-order valence-corrected chi connectivity index (χ3v) is 6.00. The Balaban J connectivity index is 1.96. The second-order valence-corrected chi connectivity index (χ2v) is 7.33. The summed E-state index contributed by atoms with van der Waals surface area (Å²) >= 11 is 5.51. The van der Waals surface area contributed by atoms with Crippen LogP contribution in [0.4, 0.5) is 0 Å². The highest BCUT2D eigenvalue weighted by Gasteiger charge is 2.21. The minimum atomic E-state index is 0.197. The Kier molecular flexibility index (Phi) is 4.24. The molecule has 0 saturated carbocycles. The van der Waals surface area contributed by atoms with Crippen molar-refractivity contribution < 1.29 is 0 Å². The smallest absolute Gasteiger partial charge is 0.115 e. The zero-order valence-electron chi connectivity index (χ0n) is 11.9. The molecule has 0 spiro atoms. The minimum absolute atomic E-state index is 0.197. The molecule has 2 nitrogen and oxygen atoms in total. The van der Waals surface area contributed by atoms with Gasteiger partial charge in [0.1, 0.15) is 5.01 Å². The van der Waals surface area contributed by atoms with Crippen molar-refractivity contribution in [1.82, 2.24) is 10.3 Å². The van der Waals surface area contributed by atoms with Crippen LogP contribution in [0.1, 0.15) is 45.6 Å². The van der Waals surface area contributed by atoms with E-state index in [9.17, 15) is 0 Å². The second kappa shape index (κ2) is 5.96. The van der Waals surface area contributed by atoms with Crippen LogP contribution in [0.15, 0.2) is 22.7 Å². The lowest BCUT2D eigenvalue weighted by atomic mass is 10.0. The molecule has 1 N–H and O–H groups in total. The van der Waals surface area contributed by atoms with Gasteiger partial charge in [0.25, 0.3) is 0 Å². The number of aromatic nitrogens is 1. The van der Waals surface area contributed by atoms with Crippen molar-refractivity contribution in [3.05, 3.63) is 49.4 Å². The van der Waals surface area contributed by atoms with Crippen molar-refractivity contribution in [2.75, 3.05) is 7.05 Å². The summed E-state index contributed by atoms with van der Waals surface area (Å²) in [6.45, 7) is 2.12. The largest absolute Gasteiger partial charge is 0.307 e. The Morgan fingerprint density at radius 1 is 1.30 bits per heavy atom. The summed E-state index contributed by atoms with van der Waals surface area (Å²) < 4.78 is 1.16. The molecular weight excluding hydrogens is 332 g/mol. The van der Waals surface area contributed by atoms with Gasteiger partial charge in [-0.15, -0.1) is 11.3 Å². The quantitative estimate of drug-likeness (QED) is 0.887. The van der Waals surface area contributed by atoms with Crippen molar-refractivity contribution >= 4 is 27.3 Å². The molecule has 1 unspecified atom stereocenters. The first kappa shape index (κ1) is 14.2. The molecule has 0 amide bonds. The zero-order valence-corrected chi connectivity index (χ0v) is 14.3. The van der Waals surface area contributed by atoms with Crippen molar-refractivity contribution in [2.45, 2.75) is 38.6 Å². The number of nitrogens with zero attached hydrogens (tertiary/aromatic N) is 1. The Hall–Kier alpha value is -0.710. The first-order valence-electron chi connectivity index (χ1n) is 7.11. The standard InChI is InChI=1S/C16H19BrN2S/c1-10-7-8-11(9-12(10)17)15(18-2)16-19-13-5-3-4-6-14(13)20-16/h7-9,15,18H,3-6H2,1-2H3. The van der Waals surface area contributed by atoms with Crippen LogP contribution in [-0.4, -0.2) is 12.0 Å². The molecule has 106 valence electrons. The highest BCUT2D eigenvalue weighted by Crippen LogP contribution is 2.33. The molecule has 0 aliphatic heterocycles. The highest BCUT2D eigenvalue weighted by molar-refractivity contribution is 9.10. The van der Waals surface area contributed by atoms with E-state index in [0.717, 1.165) is 10.9 Å². The number of nitrogens with one attached hydrogen (secondary N) is 1.